The molecule has 1 unspecified atom stereocenters. The highest BCUT2D eigenvalue weighted by Crippen LogP contribution is 2.14. The third kappa shape index (κ3) is 3.46. The van der Waals surface area contributed by atoms with E-state index in [2.05, 4.69) is 5.10 Å². The minimum atomic E-state index is -0.399. The zero-order chi connectivity index (χ0) is 13.9. The van der Waals surface area contributed by atoms with Crippen LogP contribution in [0.2, 0.25) is 0 Å². The fourth-order valence-corrected chi connectivity index (χ4v) is 1.62. The van der Waals surface area contributed by atoms with Gasteiger partial charge in [0.05, 0.1) is 23.2 Å². The monoisotopic (exact) mass is 254 g/mol. The zero-order valence-electron chi connectivity index (χ0n) is 11.5. The summed E-state index contributed by atoms with van der Waals surface area (Å²) in [5.41, 5.74) is 8.00. The van der Waals surface area contributed by atoms with Crippen molar-refractivity contribution in [2.24, 2.45) is 0 Å². The van der Waals surface area contributed by atoms with E-state index >= 15 is 0 Å². The average molecular weight is 254 g/mol. The van der Waals surface area contributed by atoms with Gasteiger partial charge in [-0.1, -0.05) is 0 Å². The minimum Gasteiger partial charge on any atom is -0.396 e. The van der Waals surface area contributed by atoms with Gasteiger partial charge in [-0.15, -0.1) is 0 Å². The Morgan fingerprint density at radius 3 is 2.61 bits per heavy atom. The molecule has 6 nitrogen and oxygen atoms in total. The standard InChI is InChI=1S/C12H22N4O2/c1-8(17)5-6-15(4)11(18)7-16-10(3)12(13)9(2)14-16/h8,17H,5-7,13H2,1-4H3. The van der Waals surface area contributed by atoms with Crippen LogP contribution in [-0.4, -0.2) is 45.4 Å². The first-order chi connectivity index (χ1) is 8.32. The molecule has 1 aromatic rings. The molecule has 102 valence electrons. The van der Waals surface area contributed by atoms with Crippen LogP contribution in [0.4, 0.5) is 5.69 Å². The van der Waals surface area contributed by atoms with E-state index in [4.69, 9.17) is 5.73 Å². The SMILES string of the molecule is Cc1nn(CC(=O)N(C)CCC(C)O)c(C)c1N. The third-order valence-electron chi connectivity index (χ3n) is 3.03. The lowest BCUT2D eigenvalue weighted by Crippen LogP contribution is -2.32. The number of amides is 1. The largest absolute Gasteiger partial charge is 0.396 e. The van der Waals surface area contributed by atoms with Crippen LogP contribution in [0.15, 0.2) is 0 Å². The molecule has 1 rings (SSSR count). The molecule has 1 aromatic heterocycles. The van der Waals surface area contributed by atoms with E-state index in [9.17, 15) is 9.90 Å². The fraction of sp³-hybridized carbons (Fsp3) is 0.667. The van der Waals surface area contributed by atoms with Crippen molar-refractivity contribution in [1.82, 2.24) is 14.7 Å². The Balaban J connectivity index is 2.61. The average Bonchev–Trinajstić information content (AvgIpc) is 2.53. The Bertz CT molecular complexity index is 426. The summed E-state index contributed by atoms with van der Waals surface area (Å²) in [5, 5.41) is 13.4. The maximum Gasteiger partial charge on any atom is 0.244 e. The number of aliphatic hydroxyl groups excluding tert-OH is 1. The molecule has 6 heteroatoms. The van der Waals surface area contributed by atoms with Gasteiger partial charge in [-0.3, -0.25) is 9.48 Å². The number of rotatable bonds is 5. The van der Waals surface area contributed by atoms with Gasteiger partial charge in [0.1, 0.15) is 6.54 Å². The van der Waals surface area contributed by atoms with Crippen molar-refractivity contribution >= 4 is 11.6 Å². The van der Waals surface area contributed by atoms with Gasteiger partial charge in [0.2, 0.25) is 5.91 Å². The molecule has 3 N–H and O–H groups in total. The molecule has 0 saturated carbocycles. The number of likely N-dealkylation sites (N-methyl/N-ethyl adjacent to an activating group) is 1. The lowest BCUT2D eigenvalue weighted by Gasteiger charge is -2.18. The highest BCUT2D eigenvalue weighted by molar-refractivity contribution is 5.75. The molecule has 0 aliphatic heterocycles. The van der Waals surface area contributed by atoms with Gasteiger partial charge in [-0.05, 0) is 27.2 Å². The summed E-state index contributed by atoms with van der Waals surface area (Å²) in [6.45, 7) is 6.09. The van der Waals surface area contributed by atoms with Gasteiger partial charge < -0.3 is 15.7 Å². The summed E-state index contributed by atoms with van der Waals surface area (Å²) in [5.74, 6) is -0.0405. The Morgan fingerprint density at radius 2 is 2.17 bits per heavy atom. The number of hydrogen-bond acceptors (Lipinski definition) is 4. The Kier molecular flexibility index (Phi) is 4.72. The molecule has 1 atom stereocenters. The van der Waals surface area contributed by atoms with Gasteiger partial charge in [0.15, 0.2) is 0 Å². The van der Waals surface area contributed by atoms with Crippen LogP contribution < -0.4 is 5.73 Å². The van der Waals surface area contributed by atoms with Crippen LogP contribution in [0, 0.1) is 13.8 Å². The number of carbonyl (C=O) groups is 1. The van der Waals surface area contributed by atoms with Crippen LogP contribution in [0.3, 0.4) is 0 Å². The molecule has 0 saturated heterocycles. The molecule has 0 fully saturated rings. The second-order valence-corrected chi connectivity index (χ2v) is 4.70. The number of nitrogens with zero attached hydrogens (tertiary/aromatic N) is 3. The van der Waals surface area contributed by atoms with Crippen LogP contribution in [-0.2, 0) is 11.3 Å². The number of carbonyl (C=O) groups excluding carboxylic acids is 1. The van der Waals surface area contributed by atoms with Gasteiger partial charge >= 0.3 is 0 Å². The Labute approximate surface area is 107 Å². The third-order valence-corrected chi connectivity index (χ3v) is 3.03. The van der Waals surface area contributed by atoms with Crippen molar-refractivity contribution in [2.45, 2.75) is 39.8 Å². The second-order valence-electron chi connectivity index (χ2n) is 4.70. The molecule has 0 spiro atoms. The first-order valence-corrected chi connectivity index (χ1v) is 6.04. The van der Waals surface area contributed by atoms with Crippen molar-refractivity contribution in [3.63, 3.8) is 0 Å². The fourth-order valence-electron chi connectivity index (χ4n) is 1.62. The van der Waals surface area contributed by atoms with Crippen molar-refractivity contribution in [1.29, 1.82) is 0 Å². The summed E-state index contributed by atoms with van der Waals surface area (Å²) >= 11 is 0. The number of aliphatic hydroxyl groups is 1. The van der Waals surface area contributed by atoms with Crippen LogP contribution >= 0.6 is 0 Å². The van der Waals surface area contributed by atoms with Crippen LogP contribution in [0.5, 0.6) is 0 Å². The second kappa shape index (κ2) is 5.86. The number of aryl methyl sites for hydroxylation is 1. The molecule has 0 aliphatic carbocycles. The smallest absolute Gasteiger partial charge is 0.244 e. The molecule has 18 heavy (non-hydrogen) atoms. The quantitative estimate of drug-likeness (QED) is 0.792. The summed E-state index contributed by atoms with van der Waals surface area (Å²) in [4.78, 5) is 13.5. The lowest BCUT2D eigenvalue weighted by molar-refractivity contribution is -0.131. The molecule has 0 aliphatic rings. The summed E-state index contributed by atoms with van der Waals surface area (Å²) in [6, 6.07) is 0. The number of nitrogens with two attached hydrogens (primary N) is 1. The molecular formula is C12H22N4O2. The summed E-state index contributed by atoms with van der Waals surface area (Å²) < 4.78 is 1.62. The number of nitrogen functional groups attached to an aromatic ring is 1. The Morgan fingerprint density at radius 1 is 1.56 bits per heavy atom. The molecule has 0 aromatic carbocycles. The number of anilines is 1. The maximum atomic E-state index is 11.9. The molecule has 0 radical (unpaired) electrons. The van der Waals surface area contributed by atoms with E-state index in [1.807, 2.05) is 13.8 Å². The predicted octanol–water partition coefficient (Wildman–Crippen LogP) is 0.311. The van der Waals surface area contributed by atoms with Crippen molar-refractivity contribution in [3.8, 4) is 0 Å². The zero-order valence-corrected chi connectivity index (χ0v) is 11.5. The van der Waals surface area contributed by atoms with Crippen molar-refractivity contribution < 1.29 is 9.90 Å². The van der Waals surface area contributed by atoms with Gasteiger partial charge in [0.25, 0.3) is 0 Å². The first-order valence-electron chi connectivity index (χ1n) is 6.04. The van der Waals surface area contributed by atoms with Crippen LogP contribution in [0.1, 0.15) is 24.7 Å². The van der Waals surface area contributed by atoms with Crippen molar-refractivity contribution in [2.75, 3.05) is 19.3 Å². The molecule has 1 amide bonds. The number of hydrogen-bond donors (Lipinski definition) is 2. The minimum absolute atomic E-state index is 0.0405. The number of aromatic nitrogens is 2. The highest BCUT2D eigenvalue weighted by atomic mass is 16.3. The first kappa shape index (κ1) is 14.5. The van der Waals surface area contributed by atoms with Gasteiger partial charge in [-0.2, -0.15) is 5.10 Å². The van der Waals surface area contributed by atoms with E-state index in [0.717, 1.165) is 11.4 Å². The lowest BCUT2D eigenvalue weighted by atomic mass is 10.3. The van der Waals surface area contributed by atoms with E-state index in [1.165, 1.54) is 0 Å². The summed E-state index contributed by atoms with van der Waals surface area (Å²) in [6.07, 6.45) is 0.172. The van der Waals surface area contributed by atoms with E-state index in [1.54, 1.807) is 23.6 Å². The topological polar surface area (TPSA) is 84.4 Å². The predicted molar refractivity (Wildman–Crippen MR) is 70.0 cm³/mol. The maximum absolute atomic E-state index is 11.9. The van der Waals surface area contributed by atoms with Crippen molar-refractivity contribution in [3.05, 3.63) is 11.4 Å². The van der Waals surface area contributed by atoms with E-state index in [0.29, 0.717) is 18.7 Å². The van der Waals surface area contributed by atoms with Gasteiger partial charge in [0, 0.05) is 13.6 Å². The Hall–Kier alpha value is -1.56. The normalized spacial score (nSPS) is 12.5. The molecular weight excluding hydrogens is 232 g/mol. The molecule has 1 heterocycles. The van der Waals surface area contributed by atoms with Crippen LogP contribution in [0.25, 0.3) is 0 Å². The van der Waals surface area contributed by atoms with E-state index in [-0.39, 0.29) is 12.5 Å². The van der Waals surface area contributed by atoms with E-state index < -0.39 is 6.10 Å². The highest BCUT2D eigenvalue weighted by Gasteiger charge is 2.14. The summed E-state index contributed by atoms with van der Waals surface area (Å²) in [7, 11) is 1.72. The molecule has 0 bridgehead atoms. The van der Waals surface area contributed by atoms with Gasteiger partial charge in [-0.25, -0.2) is 0 Å².